The monoisotopic (exact) mass is 351 g/mol. The van der Waals surface area contributed by atoms with Crippen LogP contribution in [-0.2, 0) is 0 Å². The molecule has 2 aromatic rings. The maximum absolute atomic E-state index is 6.51. The van der Waals surface area contributed by atoms with Crippen LogP contribution in [0.2, 0.25) is 19.6 Å². The molecule has 0 heterocycles. The van der Waals surface area contributed by atoms with Crippen molar-refractivity contribution in [3.05, 3.63) is 54.1 Å². The van der Waals surface area contributed by atoms with Gasteiger partial charge in [-0.25, -0.2) is 0 Å². The van der Waals surface area contributed by atoms with Crippen LogP contribution in [0.3, 0.4) is 0 Å². The zero-order valence-corrected chi connectivity index (χ0v) is 16.7. The van der Waals surface area contributed by atoms with Gasteiger partial charge in [-0.3, -0.25) is 4.99 Å². The molecule has 0 amide bonds. The fourth-order valence-electron chi connectivity index (χ4n) is 3.34. The van der Waals surface area contributed by atoms with Crippen LogP contribution in [0, 0.1) is 0 Å². The summed E-state index contributed by atoms with van der Waals surface area (Å²) in [6.07, 6.45) is 8.48. The molecule has 0 aromatic heterocycles. The van der Waals surface area contributed by atoms with Crippen molar-refractivity contribution in [1.29, 1.82) is 0 Å². The van der Waals surface area contributed by atoms with Gasteiger partial charge in [-0.05, 0) is 44.1 Å². The summed E-state index contributed by atoms with van der Waals surface area (Å²) in [6.45, 7) is 6.70. The first-order valence-electron chi connectivity index (χ1n) is 9.43. The van der Waals surface area contributed by atoms with E-state index in [1.807, 2.05) is 0 Å². The lowest BCUT2D eigenvalue weighted by molar-refractivity contribution is 0.444. The van der Waals surface area contributed by atoms with Crippen molar-refractivity contribution in [2.75, 3.05) is 0 Å². The number of para-hydroxylation sites is 1. The van der Waals surface area contributed by atoms with Gasteiger partial charge in [0, 0.05) is 23.4 Å². The highest BCUT2D eigenvalue weighted by Crippen LogP contribution is 2.34. The minimum absolute atomic E-state index is 0.480. The lowest BCUT2D eigenvalue weighted by Crippen LogP contribution is -2.30. The van der Waals surface area contributed by atoms with Crippen LogP contribution in [0.25, 0.3) is 11.1 Å². The normalized spacial score (nSPS) is 16.3. The molecule has 2 nitrogen and oxygen atoms in total. The van der Waals surface area contributed by atoms with Gasteiger partial charge in [0.2, 0.25) is 8.32 Å². The number of hydrogen-bond donors (Lipinski definition) is 0. The molecule has 0 unspecified atom stereocenters. The van der Waals surface area contributed by atoms with E-state index in [-0.39, 0.29) is 0 Å². The van der Waals surface area contributed by atoms with Crippen molar-refractivity contribution < 1.29 is 4.43 Å². The number of aliphatic imine (C=N–C) groups is 1. The van der Waals surface area contributed by atoms with E-state index in [1.54, 1.807) is 0 Å². The van der Waals surface area contributed by atoms with E-state index >= 15 is 0 Å². The zero-order chi connectivity index (χ0) is 17.7. The number of nitrogens with zero attached hydrogens (tertiary/aromatic N) is 1. The van der Waals surface area contributed by atoms with Crippen molar-refractivity contribution in [3.8, 4) is 16.9 Å². The third kappa shape index (κ3) is 5.05. The minimum Gasteiger partial charge on any atom is -0.543 e. The summed E-state index contributed by atoms with van der Waals surface area (Å²) >= 11 is 0. The van der Waals surface area contributed by atoms with Crippen LogP contribution in [0.1, 0.15) is 37.7 Å². The van der Waals surface area contributed by atoms with Gasteiger partial charge < -0.3 is 4.43 Å². The summed E-state index contributed by atoms with van der Waals surface area (Å²) in [5.41, 5.74) is 3.47. The Labute approximate surface area is 153 Å². The lowest BCUT2D eigenvalue weighted by Gasteiger charge is -2.24. The standard InChI is InChI=1S/C22H29NOSi/c1-25(2,3)24-22-19(17-23-20-14-8-5-9-15-20)13-10-16-21(22)18-11-6-4-7-12-18/h4,6-7,10-13,16-17,20H,5,8-9,14-15H2,1-3H3. The van der Waals surface area contributed by atoms with Crippen LogP contribution < -0.4 is 4.43 Å². The van der Waals surface area contributed by atoms with Gasteiger partial charge in [-0.2, -0.15) is 0 Å². The van der Waals surface area contributed by atoms with E-state index in [1.165, 1.54) is 37.7 Å². The summed E-state index contributed by atoms with van der Waals surface area (Å²) in [5, 5.41) is 0. The smallest absolute Gasteiger partial charge is 0.242 e. The van der Waals surface area contributed by atoms with Crippen molar-refractivity contribution >= 4 is 14.5 Å². The molecule has 1 saturated carbocycles. The Morgan fingerprint density at radius 1 is 0.920 bits per heavy atom. The molecule has 0 bridgehead atoms. The topological polar surface area (TPSA) is 21.6 Å². The third-order valence-corrected chi connectivity index (χ3v) is 5.35. The van der Waals surface area contributed by atoms with E-state index in [4.69, 9.17) is 9.42 Å². The van der Waals surface area contributed by atoms with E-state index in [0.29, 0.717) is 6.04 Å². The Balaban J connectivity index is 1.97. The molecule has 3 heteroatoms. The summed E-state index contributed by atoms with van der Waals surface area (Å²) in [4.78, 5) is 4.89. The Bertz CT molecular complexity index is 713. The molecule has 1 aliphatic carbocycles. The van der Waals surface area contributed by atoms with Crippen LogP contribution in [0.4, 0.5) is 0 Å². The fraction of sp³-hybridized carbons (Fsp3) is 0.409. The maximum Gasteiger partial charge on any atom is 0.242 e. The molecule has 0 atom stereocenters. The largest absolute Gasteiger partial charge is 0.543 e. The van der Waals surface area contributed by atoms with Crippen molar-refractivity contribution in [1.82, 2.24) is 0 Å². The average Bonchev–Trinajstić information content (AvgIpc) is 2.61. The first-order chi connectivity index (χ1) is 12.0. The SMILES string of the molecule is C[Si](C)(C)Oc1c(C=NC2CCCCC2)cccc1-c1ccccc1. The van der Waals surface area contributed by atoms with Crippen LogP contribution in [0.5, 0.6) is 5.75 Å². The number of hydrogen-bond acceptors (Lipinski definition) is 2. The van der Waals surface area contributed by atoms with Gasteiger partial charge in [0.25, 0.3) is 0 Å². The molecular weight excluding hydrogens is 322 g/mol. The molecule has 0 saturated heterocycles. The molecule has 1 aliphatic rings. The highest BCUT2D eigenvalue weighted by Gasteiger charge is 2.21. The molecule has 0 radical (unpaired) electrons. The molecule has 1 fully saturated rings. The van der Waals surface area contributed by atoms with E-state index < -0.39 is 8.32 Å². The number of rotatable bonds is 5. The molecule has 2 aromatic carbocycles. The summed E-state index contributed by atoms with van der Waals surface area (Å²) < 4.78 is 6.51. The quantitative estimate of drug-likeness (QED) is 0.456. The summed E-state index contributed by atoms with van der Waals surface area (Å²) in [5.74, 6) is 0.993. The second-order valence-electron chi connectivity index (χ2n) is 7.87. The van der Waals surface area contributed by atoms with E-state index in [2.05, 4.69) is 74.4 Å². The van der Waals surface area contributed by atoms with Crippen LogP contribution in [0.15, 0.2) is 53.5 Å². The summed E-state index contributed by atoms with van der Waals surface area (Å²) in [7, 11) is -1.72. The van der Waals surface area contributed by atoms with Crippen molar-refractivity contribution in [2.24, 2.45) is 4.99 Å². The van der Waals surface area contributed by atoms with Gasteiger partial charge in [0.15, 0.2) is 0 Å². The Morgan fingerprint density at radius 3 is 2.32 bits per heavy atom. The molecule has 0 N–H and O–H groups in total. The second-order valence-corrected chi connectivity index (χ2v) is 12.3. The Kier molecular flexibility index (Phi) is 5.74. The zero-order valence-electron chi connectivity index (χ0n) is 15.7. The van der Waals surface area contributed by atoms with Gasteiger partial charge in [-0.1, -0.05) is 61.7 Å². The van der Waals surface area contributed by atoms with Crippen molar-refractivity contribution in [3.63, 3.8) is 0 Å². The molecule has 25 heavy (non-hydrogen) atoms. The molecule has 0 spiro atoms. The van der Waals surface area contributed by atoms with E-state index in [0.717, 1.165) is 16.9 Å². The van der Waals surface area contributed by atoms with E-state index in [9.17, 15) is 0 Å². The predicted octanol–water partition coefficient (Wildman–Crippen LogP) is 6.32. The Morgan fingerprint density at radius 2 is 1.64 bits per heavy atom. The number of benzene rings is 2. The first-order valence-corrected chi connectivity index (χ1v) is 12.8. The third-order valence-electron chi connectivity index (χ3n) is 4.54. The highest BCUT2D eigenvalue weighted by atomic mass is 28.4. The van der Waals surface area contributed by atoms with Gasteiger partial charge in [-0.15, -0.1) is 0 Å². The fourth-order valence-corrected chi connectivity index (χ4v) is 4.18. The Hall–Kier alpha value is -1.87. The molecule has 3 rings (SSSR count). The van der Waals surface area contributed by atoms with Crippen LogP contribution >= 0.6 is 0 Å². The maximum atomic E-state index is 6.51. The van der Waals surface area contributed by atoms with Crippen LogP contribution in [-0.4, -0.2) is 20.6 Å². The van der Waals surface area contributed by atoms with Gasteiger partial charge in [0.1, 0.15) is 5.75 Å². The predicted molar refractivity (Wildman–Crippen MR) is 110 cm³/mol. The lowest BCUT2D eigenvalue weighted by atomic mass is 9.96. The average molecular weight is 352 g/mol. The second kappa shape index (κ2) is 8.00. The highest BCUT2D eigenvalue weighted by molar-refractivity contribution is 6.70. The molecule has 132 valence electrons. The summed E-state index contributed by atoms with van der Waals surface area (Å²) in [6, 6.07) is 17.4. The first kappa shape index (κ1) is 17.9. The minimum atomic E-state index is -1.72. The van der Waals surface area contributed by atoms with Gasteiger partial charge >= 0.3 is 0 Å². The molecule has 0 aliphatic heterocycles. The molecular formula is C22H29NOSi. The van der Waals surface area contributed by atoms with Gasteiger partial charge in [0.05, 0.1) is 0 Å². The van der Waals surface area contributed by atoms with Crippen molar-refractivity contribution in [2.45, 2.75) is 57.8 Å².